The number of thioether (sulfide) groups is 1. The molecular weight excluding hydrogens is 387 g/mol. The summed E-state index contributed by atoms with van der Waals surface area (Å²) in [6.07, 6.45) is 3.51. The van der Waals surface area contributed by atoms with E-state index in [2.05, 4.69) is 27.9 Å². The first-order valence-corrected chi connectivity index (χ1v) is 10.2. The van der Waals surface area contributed by atoms with Crippen LogP contribution in [0.5, 0.6) is 0 Å². The van der Waals surface area contributed by atoms with Crippen LogP contribution in [0, 0.1) is 19.7 Å². The van der Waals surface area contributed by atoms with Gasteiger partial charge >= 0.3 is 0 Å². The van der Waals surface area contributed by atoms with Crippen LogP contribution in [-0.4, -0.2) is 30.9 Å². The van der Waals surface area contributed by atoms with Gasteiger partial charge in [0.25, 0.3) is 0 Å². The van der Waals surface area contributed by atoms with Crippen molar-refractivity contribution in [2.75, 3.05) is 5.75 Å². The molecule has 0 spiro atoms. The molecule has 0 aliphatic rings. The summed E-state index contributed by atoms with van der Waals surface area (Å²) in [6.45, 7) is 12.5. The minimum atomic E-state index is -0.368. The van der Waals surface area contributed by atoms with Crippen molar-refractivity contribution >= 4 is 17.5 Å². The predicted octanol–water partition coefficient (Wildman–Crippen LogP) is 4.85. The molecule has 0 N–H and O–H groups in total. The molecule has 3 rings (SSSR count). The summed E-state index contributed by atoms with van der Waals surface area (Å²) >= 11 is 1.29. The van der Waals surface area contributed by atoms with Gasteiger partial charge in [0.05, 0.1) is 11.3 Å². The monoisotopic (exact) mass is 410 g/mol. The maximum Gasteiger partial charge on any atom is 0.192 e. The lowest BCUT2D eigenvalue weighted by molar-refractivity contribution is 0.102. The number of aryl methyl sites for hydroxylation is 1. The summed E-state index contributed by atoms with van der Waals surface area (Å²) in [6, 6.07) is 8.33. The largest absolute Gasteiger partial charge is 0.345 e. The Hall–Kier alpha value is -2.93. The molecular formula is C22H23FN4OS. The van der Waals surface area contributed by atoms with Gasteiger partial charge in [-0.05, 0) is 32.0 Å². The number of Topliss-reactive ketones (excluding diaryl/α,β-unsaturated/α-hetero) is 1. The topological polar surface area (TPSA) is 52.7 Å². The van der Waals surface area contributed by atoms with Crippen molar-refractivity contribution in [3.05, 3.63) is 78.4 Å². The average Bonchev–Trinajstić information content (AvgIpc) is 3.23. The predicted molar refractivity (Wildman–Crippen MR) is 115 cm³/mol. The Morgan fingerprint density at radius 2 is 1.83 bits per heavy atom. The molecule has 29 heavy (non-hydrogen) atoms. The number of nitrogens with zero attached hydrogens (tertiary/aromatic N) is 4. The van der Waals surface area contributed by atoms with Crippen LogP contribution in [0.25, 0.3) is 11.4 Å². The summed E-state index contributed by atoms with van der Waals surface area (Å²) in [4.78, 5) is 12.8. The van der Waals surface area contributed by atoms with E-state index in [0.717, 1.165) is 11.4 Å². The molecule has 0 unspecified atom stereocenters. The number of carbonyl (C=O) groups excluding carboxylic acids is 1. The molecule has 5 nitrogen and oxygen atoms in total. The summed E-state index contributed by atoms with van der Waals surface area (Å²) in [5, 5.41) is 8.89. The van der Waals surface area contributed by atoms with E-state index >= 15 is 0 Å². The lowest BCUT2D eigenvalue weighted by atomic mass is 10.2. The lowest BCUT2D eigenvalue weighted by Gasteiger charge is -2.08. The smallest absolute Gasteiger partial charge is 0.192 e. The van der Waals surface area contributed by atoms with E-state index in [9.17, 15) is 9.18 Å². The van der Waals surface area contributed by atoms with E-state index in [-0.39, 0.29) is 17.4 Å². The third-order valence-electron chi connectivity index (χ3n) is 4.66. The normalized spacial score (nSPS) is 10.9. The quantitative estimate of drug-likeness (QED) is 0.287. The number of allylic oxidation sites excluding steroid dienone is 2. The zero-order valence-corrected chi connectivity index (χ0v) is 17.4. The van der Waals surface area contributed by atoms with Gasteiger partial charge in [0.1, 0.15) is 5.82 Å². The zero-order chi connectivity index (χ0) is 21.0. The maximum absolute atomic E-state index is 14.2. The van der Waals surface area contributed by atoms with Gasteiger partial charge in [0.15, 0.2) is 16.8 Å². The second-order valence-corrected chi connectivity index (χ2v) is 7.52. The fraction of sp³-hybridized carbons (Fsp3) is 0.227. The highest BCUT2D eigenvalue weighted by atomic mass is 32.2. The number of carbonyl (C=O) groups is 1. The van der Waals surface area contributed by atoms with Crippen LogP contribution in [0.1, 0.15) is 21.7 Å². The Balaban J connectivity index is 1.83. The van der Waals surface area contributed by atoms with E-state index < -0.39 is 0 Å². The van der Waals surface area contributed by atoms with E-state index in [4.69, 9.17) is 0 Å². The van der Waals surface area contributed by atoms with Crippen molar-refractivity contribution < 1.29 is 9.18 Å². The van der Waals surface area contributed by atoms with Crippen LogP contribution in [-0.2, 0) is 13.1 Å². The molecule has 3 aromatic rings. The minimum Gasteiger partial charge on any atom is -0.345 e. The zero-order valence-electron chi connectivity index (χ0n) is 16.6. The molecule has 0 bridgehead atoms. The molecule has 0 aliphatic heterocycles. The molecule has 7 heteroatoms. The first-order chi connectivity index (χ1) is 14.0. The number of rotatable bonds is 9. The first-order valence-electron chi connectivity index (χ1n) is 9.20. The van der Waals surface area contributed by atoms with Gasteiger partial charge in [-0.2, -0.15) is 0 Å². The molecule has 0 aliphatic carbocycles. The summed E-state index contributed by atoms with van der Waals surface area (Å²) in [7, 11) is 0. The van der Waals surface area contributed by atoms with Gasteiger partial charge in [-0.1, -0.05) is 36.0 Å². The van der Waals surface area contributed by atoms with Crippen LogP contribution in [0.15, 0.2) is 60.8 Å². The van der Waals surface area contributed by atoms with E-state index in [1.807, 2.05) is 26.0 Å². The average molecular weight is 411 g/mol. The van der Waals surface area contributed by atoms with Gasteiger partial charge in [-0.25, -0.2) is 4.39 Å². The van der Waals surface area contributed by atoms with Crippen molar-refractivity contribution in [3.63, 3.8) is 0 Å². The van der Waals surface area contributed by atoms with Crippen LogP contribution in [0.4, 0.5) is 4.39 Å². The van der Waals surface area contributed by atoms with Gasteiger partial charge in [-0.15, -0.1) is 23.4 Å². The molecule has 0 saturated heterocycles. The highest BCUT2D eigenvalue weighted by Gasteiger charge is 2.19. The minimum absolute atomic E-state index is 0.0130. The maximum atomic E-state index is 14.2. The van der Waals surface area contributed by atoms with Crippen LogP contribution in [0.2, 0.25) is 0 Å². The number of hydrogen-bond donors (Lipinski definition) is 0. The summed E-state index contributed by atoms with van der Waals surface area (Å²) in [5.41, 5.74) is 3.01. The van der Waals surface area contributed by atoms with Gasteiger partial charge in [0, 0.05) is 30.0 Å². The Bertz CT molecular complexity index is 1070. The van der Waals surface area contributed by atoms with E-state index in [0.29, 0.717) is 35.2 Å². The van der Waals surface area contributed by atoms with Crippen LogP contribution in [0.3, 0.4) is 0 Å². The van der Waals surface area contributed by atoms with E-state index in [1.54, 1.807) is 28.8 Å². The second kappa shape index (κ2) is 9.05. The Morgan fingerprint density at radius 3 is 2.52 bits per heavy atom. The standard InChI is InChI=1S/C22H23FN4OS/c1-5-11-26-15(3)13-18(16(26)4)20(28)14-29-22-25-24-21(27(22)12-6-2)17-9-7-8-10-19(17)23/h5-10,13H,1-2,11-12,14H2,3-4H3. The highest BCUT2D eigenvalue weighted by molar-refractivity contribution is 7.99. The van der Waals surface area contributed by atoms with Crippen molar-refractivity contribution in [2.45, 2.75) is 32.1 Å². The van der Waals surface area contributed by atoms with Crippen LogP contribution >= 0.6 is 11.8 Å². The molecule has 150 valence electrons. The Morgan fingerprint density at radius 1 is 1.14 bits per heavy atom. The molecule has 1 aromatic carbocycles. The third kappa shape index (κ3) is 4.24. The molecule has 2 aromatic heterocycles. The van der Waals surface area contributed by atoms with E-state index in [1.165, 1.54) is 17.8 Å². The van der Waals surface area contributed by atoms with Gasteiger partial charge < -0.3 is 4.57 Å². The number of halogens is 1. The Kier molecular flexibility index (Phi) is 6.49. The molecule has 2 heterocycles. The van der Waals surface area contributed by atoms with Crippen molar-refractivity contribution in [3.8, 4) is 11.4 Å². The van der Waals surface area contributed by atoms with Crippen molar-refractivity contribution in [1.29, 1.82) is 0 Å². The number of aromatic nitrogens is 4. The van der Waals surface area contributed by atoms with Gasteiger partial charge in [0.2, 0.25) is 0 Å². The number of hydrogen-bond acceptors (Lipinski definition) is 4. The molecule has 0 saturated carbocycles. The fourth-order valence-electron chi connectivity index (χ4n) is 3.23. The fourth-order valence-corrected chi connectivity index (χ4v) is 4.06. The number of ketones is 1. The Labute approximate surface area is 174 Å². The molecule has 0 atom stereocenters. The highest BCUT2D eigenvalue weighted by Crippen LogP contribution is 2.27. The van der Waals surface area contributed by atoms with Gasteiger partial charge in [-0.3, -0.25) is 9.36 Å². The first kappa shape index (κ1) is 20.8. The molecule has 0 radical (unpaired) electrons. The third-order valence-corrected chi connectivity index (χ3v) is 5.63. The van der Waals surface area contributed by atoms with Crippen LogP contribution < -0.4 is 0 Å². The number of benzene rings is 1. The SMILES string of the molecule is C=CCn1c(SCC(=O)c2cc(C)n(CC=C)c2C)nnc1-c1ccccc1F. The summed E-state index contributed by atoms with van der Waals surface area (Å²) < 4.78 is 18.0. The van der Waals surface area contributed by atoms with Crippen molar-refractivity contribution in [2.24, 2.45) is 0 Å². The molecule has 0 amide bonds. The van der Waals surface area contributed by atoms with Crippen molar-refractivity contribution in [1.82, 2.24) is 19.3 Å². The lowest BCUT2D eigenvalue weighted by Crippen LogP contribution is -2.07. The summed E-state index contributed by atoms with van der Waals surface area (Å²) in [5.74, 6) is 0.277. The second-order valence-electron chi connectivity index (χ2n) is 6.58. The molecule has 0 fully saturated rings.